The van der Waals surface area contributed by atoms with Crippen LogP contribution in [0.25, 0.3) is 0 Å². The van der Waals surface area contributed by atoms with Crippen molar-refractivity contribution in [3.05, 3.63) is 12.7 Å². The number of carbonyl (C=O) groups excluding carboxylic acids is 2. The maximum Gasteiger partial charge on any atom is 0.348 e. The van der Waals surface area contributed by atoms with Gasteiger partial charge in [0.25, 0.3) is 0 Å². The molecule has 1 saturated carbocycles. The summed E-state index contributed by atoms with van der Waals surface area (Å²) in [6.07, 6.45) is 3.00. The molecule has 2 bridgehead atoms. The van der Waals surface area contributed by atoms with Crippen molar-refractivity contribution in [3.8, 4) is 0 Å². The van der Waals surface area contributed by atoms with E-state index >= 15 is 0 Å². The Balaban J connectivity index is 2.05. The summed E-state index contributed by atoms with van der Waals surface area (Å²) in [5.74, 6) is -0.818. The number of carbonyl (C=O) groups is 2. The summed E-state index contributed by atoms with van der Waals surface area (Å²) >= 11 is 0. The molecule has 3 atom stereocenters. The van der Waals surface area contributed by atoms with E-state index in [9.17, 15) is 9.59 Å². The van der Waals surface area contributed by atoms with Gasteiger partial charge in [-0.05, 0) is 19.3 Å². The summed E-state index contributed by atoms with van der Waals surface area (Å²) in [6.45, 7) is 3.29. The van der Waals surface area contributed by atoms with Crippen molar-refractivity contribution >= 4 is 11.9 Å². The topological polar surface area (TPSA) is 52.6 Å². The molecule has 4 heteroatoms. The highest BCUT2D eigenvalue weighted by Crippen LogP contribution is 2.36. The number of rotatable bonds is 2. The van der Waals surface area contributed by atoms with Gasteiger partial charge >= 0.3 is 11.9 Å². The zero-order valence-corrected chi connectivity index (χ0v) is 7.77. The molecule has 0 aromatic carbocycles. The fraction of sp³-hybridized carbons (Fsp3) is 0.600. The number of esters is 2. The fourth-order valence-corrected chi connectivity index (χ4v) is 2.10. The molecule has 3 unspecified atom stereocenters. The minimum absolute atomic E-state index is 0.0474. The van der Waals surface area contributed by atoms with Crippen LogP contribution in [0.4, 0.5) is 0 Å². The third kappa shape index (κ3) is 1.52. The van der Waals surface area contributed by atoms with Crippen molar-refractivity contribution in [3.63, 3.8) is 0 Å². The van der Waals surface area contributed by atoms with E-state index in [0.29, 0.717) is 0 Å². The molecule has 1 aliphatic carbocycles. The Labute approximate surface area is 81.9 Å². The van der Waals surface area contributed by atoms with Crippen molar-refractivity contribution < 1.29 is 19.1 Å². The Morgan fingerprint density at radius 3 is 3.07 bits per heavy atom. The van der Waals surface area contributed by atoms with Gasteiger partial charge < -0.3 is 9.47 Å². The van der Waals surface area contributed by atoms with E-state index in [1.165, 1.54) is 0 Å². The molecule has 1 heterocycles. The van der Waals surface area contributed by atoms with Gasteiger partial charge in [0.2, 0.25) is 6.10 Å². The van der Waals surface area contributed by atoms with Crippen LogP contribution >= 0.6 is 0 Å². The zero-order chi connectivity index (χ0) is 10.1. The van der Waals surface area contributed by atoms with Crippen LogP contribution in [-0.2, 0) is 19.1 Å². The van der Waals surface area contributed by atoms with Crippen LogP contribution in [0.2, 0.25) is 0 Å². The van der Waals surface area contributed by atoms with E-state index < -0.39 is 18.0 Å². The Morgan fingerprint density at radius 1 is 1.57 bits per heavy atom. The number of fused-ring (bicyclic) bond motifs is 2. The van der Waals surface area contributed by atoms with Crippen LogP contribution in [-0.4, -0.2) is 24.1 Å². The lowest BCUT2D eigenvalue weighted by Gasteiger charge is -2.26. The minimum Gasteiger partial charge on any atom is -0.460 e. The summed E-state index contributed by atoms with van der Waals surface area (Å²) < 4.78 is 10.0. The van der Waals surface area contributed by atoms with Gasteiger partial charge in [0.1, 0.15) is 6.10 Å². The van der Waals surface area contributed by atoms with Crippen molar-refractivity contribution in [2.24, 2.45) is 5.92 Å². The molecule has 0 N–H and O–H groups in total. The van der Waals surface area contributed by atoms with Gasteiger partial charge in [-0.2, -0.15) is 0 Å². The van der Waals surface area contributed by atoms with E-state index in [0.717, 1.165) is 25.3 Å². The summed E-state index contributed by atoms with van der Waals surface area (Å²) in [7, 11) is 0. The van der Waals surface area contributed by atoms with Crippen LogP contribution in [0, 0.1) is 5.92 Å². The quantitative estimate of drug-likeness (QED) is 0.484. The van der Waals surface area contributed by atoms with Gasteiger partial charge in [0.15, 0.2) is 0 Å². The second-order valence-corrected chi connectivity index (χ2v) is 3.69. The van der Waals surface area contributed by atoms with E-state index in [2.05, 4.69) is 6.58 Å². The van der Waals surface area contributed by atoms with Gasteiger partial charge in [-0.1, -0.05) is 6.58 Å². The SMILES string of the molecule is C=CC(=O)OC1C(=O)OC2CCC1C2. The van der Waals surface area contributed by atoms with Gasteiger partial charge in [-0.15, -0.1) is 0 Å². The van der Waals surface area contributed by atoms with Crippen LogP contribution in [0.15, 0.2) is 12.7 Å². The van der Waals surface area contributed by atoms with Crippen LogP contribution < -0.4 is 0 Å². The monoisotopic (exact) mass is 196 g/mol. The lowest BCUT2D eigenvalue weighted by Crippen LogP contribution is -2.39. The Bertz CT molecular complexity index is 284. The first-order valence-electron chi connectivity index (χ1n) is 4.74. The standard InChI is InChI=1S/C10H12O4/c1-2-8(11)14-9-6-3-4-7(5-6)13-10(9)12/h2,6-7,9H,1,3-5H2. The third-order valence-electron chi connectivity index (χ3n) is 2.78. The predicted octanol–water partition coefficient (Wildman–Crippen LogP) is 0.810. The minimum atomic E-state index is -0.709. The van der Waals surface area contributed by atoms with Crippen molar-refractivity contribution in [2.45, 2.75) is 31.5 Å². The second-order valence-electron chi connectivity index (χ2n) is 3.69. The molecule has 0 aromatic rings. The molecular weight excluding hydrogens is 184 g/mol. The first-order chi connectivity index (χ1) is 6.70. The maximum atomic E-state index is 11.4. The summed E-state index contributed by atoms with van der Waals surface area (Å²) in [4.78, 5) is 22.3. The predicted molar refractivity (Wildman–Crippen MR) is 47.3 cm³/mol. The van der Waals surface area contributed by atoms with Gasteiger partial charge in [0, 0.05) is 12.0 Å². The smallest absolute Gasteiger partial charge is 0.348 e. The van der Waals surface area contributed by atoms with E-state index in [1.807, 2.05) is 0 Å². The summed E-state index contributed by atoms with van der Waals surface area (Å²) in [5, 5.41) is 0. The molecule has 0 amide bonds. The van der Waals surface area contributed by atoms with Crippen molar-refractivity contribution in [1.82, 2.24) is 0 Å². The summed E-state index contributed by atoms with van der Waals surface area (Å²) in [6, 6.07) is 0. The molecule has 2 rings (SSSR count). The average molecular weight is 196 g/mol. The first-order valence-corrected chi connectivity index (χ1v) is 4.74. The van der Waals surface area contributed by atoms with Crippen LogP contribution in [0.1, 0.15) is 19.3 Å². The number of hydrogen-bond donors (Lipinski definition) is 0. The molecule has 14 heavy (non-hydrogen) atoms. The fourth-order valence-electron chi connectivity index (χ4n) is 2.10. The summed E-state index contributed by atoms with van der Waals surface area (Å²) in [5.41, 5.74) is 0. The zero-order valence-electron chi connectivity index (χ0n) is 7.77. The highest BCUT2D eigenvalue weighted by Gasteiger charge is 2.44. The lowest BCUT2D eigenvalue weighted by molar-refractivity contribution is -0.177. The molecule has 4 nitrogen and oxygen atoms in total. The van der Waals surface area contributed by atoms with Gasteiger partial charge in [0.05, 0.1) is 0 Å². The largest absolute Gasteiger partial charge is 0.460 e. The molecule has 2 aliphatic rings. The molecule has 0 aromatic heterocycles. The number of hydrogen-bond acceptors (Lipinski definition) is 4. The molecule has 0 spiro atoms. The molecule has 76 valence electrons. The first kappa shape index (κ1) is 9.24. The van der Waals surface area contributed by atoms with Crippen LogP contribution in [0.3, 0.4) is 0 Å². The molecule has 0 radical (unpaired) electrons. The average Bonchev–Trinajstić information content (AvgIpc) is 2.56. The Hall–Kier alpha value is -1.32. The second kappa shape index (κ2) is 3.44. The molecule has 1 aliphatic heterocycles. The van der Waals surface area contributed by atoms with E-state index in [1.54, 1.807) is 0 Å². The van der Waals surface area contributed by atoms with Gasteiger partial charge in [-0.3, -0.25) is 0 Å². The van der Waals surface area contributed by atoms with E-state index in [4.69, 9.17) is 9.47 Å². The van der Waals surface area contributed by atoms with E-state index in [-0.39, 0.29) is 12.0 Å². The maximum absolute atomic E-state index is 11.4. The highest BCUT2D eigenvalue weighted by atomic mass is 16.6. The van der Waals surface area contributed by atoms with Crippen molar-refractivity contribution in [2.75, 3.05) is 0 Å². The molecule has 1 saturated heterocycles. The lowest BCUT2D eigenvalue weighted by atomic mass is 9.99. The normalized spacial score (nSPS) is 34.9. The highest BCUT2D eigenvalue weighted by molar-refractivity contribution is 5.85. The van der Waals surface area contributed by atoms with Crippen LogP contribution in [0.5, 0.6) is 0 Å². The Kier molecular flexibility index (Phi) is 2.27. The number of ether oxygens (including phenoxy) is 2. The van der Waals surface area contributed by atoms with Crippen molar-refractivity contribution in [1.29, 1.82) is 0 Å². The third-order valence-corrected chi connectivity index (χ3v) is 2.78. The Morgan fingerprint density at radius 2 is 2.36 bits per heavy atom. The molecular formula is C10H12O4. The molecule has 2 fully saturated rings. The van der Waals surface area contributed by atoms with Gasteiger partial charge in [-0.25, -0.2) is 9.59 Å².